The van der Waals surface area contributed by atoms with E-state index in [0.717, 1.165) is 29.4 Å². The van der Waals surface area contributed by atoms with Gasteiger partial charge in [0.05, 0.1) is 23.4 Å². The standard InChI is InChI=1S/C8H7N3O2S.C4H4N2OS/c1-5-7(14-11-10-5)3-6(4-9)8(12)13-2;1-3-4(2-7)8-6-5-3/h3H,1-2H3;2H,1H3/b6-3+;. The predicted molar refractivity (Wildman–Crippen MR) is 80.3 cm³/mol. The maximum atomic E-state index is 11.0. The van der Waals surface area contributed by atoms with Crippen LogP contribution < -0.4 is 0 Å². The van der Waals surface area contributed by atoms with E-state index in [1.165, 1.54) is 13.2 Å². The summed E-state index contributed by atoms with van der Waals surface area (Å²) >= 11 is 2.25. The molecule has 0 aromatic carbocycles. The molecule has 0 saturated heterocycles. The van der Waals surface area contributed by atoms with Crippen molar-refractivity contribution in [3.63, 3.8) is 0 Å². The zero-order valence-electron chi connectivity index (χ0n) is 11.9. The fourth-order valence-corrected chi connectivity index (χ4v) is 2.16. The van der Waals surface area contributed by atoms with Gasteiger partial charge in [-0.05, 0) is 43.0 Å². The van der Waals surface area contributed by atoms with E-state index >= 15 is 0 Å². The van der Waals surface area contributed by atoms with E-state index < -0.39 is 5.97 Å². The monoisotopic (exact) mass is 337 g/mol. The van der Waals surface area contributed by atoms with Crippen molar-refractivity contribution in [3.05, 3.63) is 26.7 Å². The molecule has 0 saturated carbocycles. The minimum absolute atomic E-state index is 0.0540. The molecule has 0 N–H and O–H groups in total. The second kappa shape index (κ2) is 8.71. The van der Waals surface area contributed by atoms with Gasteiger partial charge in [-0.1, -0.05) is 8.98 Å². The Morgan fingerprint density at radius 1 is 1.18 bits per heavy atom. The fourth-order valence-electron chi connectivity index (χ4n) is 1.10. The van der Waals surface area contributed by atoms with Gasteiger partial charge in [-0.3, -0.25) is 4.79 Å². The molecule has 2 aromatic heterocycles. The fraction of sp³-hybridized carbons (Fsp3) is 0.250. The summed E-state index contributed by atoms with van der Waals surface area (Å²) in [6.07, 6.45) is 2.19. The van der Waals surface area contributed by atoms with Crippen molar-refractivity contribution in [2.75, 3.05) is 7.11 Å². The van der Waals surface area contributed by atoms with Crippen LogP contribution in [0.3, 0.4) is 0 Å². The number of carbonyl (C=O) groups excluding carboxylic acids is 2. The molecule has 10 heteroatoms. The number of nitriles is 1. The van der Waals surface area contributed by atoms with E-state index in [2.05, 4.69) is 23.9 Å². The Hall–Kier alpha value is -2.51. The highest BCUT2D eigenvalue weighted by Gasteiger charge is 2.10. The molecule has 0 aliphatic heterocycles. The Bertz CT molecular complexity index is 729. The summed E-state index contributed by atoms with van der Waals surface area (Å²) in [5, 5.41) is 16.0. The lowest BCUT2D eigenvalue weighted by Crippen LogP contribution is -2.02. The molecular formula is C12H11N5O3S2. The predicted octanol–water partition coefficient (Wildman–Crippen LogP) is 1.59. The van der Waals surface area contributed by atoms with Crippen LogP contribution in [0, 0.1) is 25.2 Å². The van der Waals surface area contributed by atoms with Gasteiger partial charge in [0.25, 0.3) is 0 Å². The summed E-state index contributed by atoms with van der Waals surface area (Å²) in [5.41, 5.74) is 1.35. The number of hydrogen-bond donors (Lipinski definition) is 0. The molecule has 2 rings (SSSR count). The van der Waals surface area contributed by atoms with Gasteiger partial charge in [-0.2, -0.15) is 5.26 Å². The largest absolute Gasteiger partial charge is 0.465 e. The number of aryl methyl sites for hydroxylation is 2. The normalized spacial score (nSPS) is 10.2. The van der Waals surface area contributed by atoms with E-state index in [0.29, 0.717) is 21.1 Å². The summed E-state index contributed by atoms with van der Waals surface area (Å²) < 4.78 is 11.7. The molecule has 0 fully saturated rings. The number of methoxy groups -OCH3 is 1. The molecule has 2 heterocycles. The van der Waals surface area contributed by atoms with Crippen molar-refractivity contribution >= 4 is 41.4 Å². The second-order valence-corrected chi connectivity index (χ2v) is 5.30. The van der Waals surface area contributed by atoms with E-state index in [9.17, 15) is 9.59 Å². The molecule has 8 nitrogen and oxygen atoms in total. The Morgan fingerprint density at radius 2 is 1.73 bits per heavy atom. The molecule has 0 unspecified atom stereocenters. The molecule has 0 bridgehead atoms. The summed E-state index contributed by atoms with van der Waals surface area (Å²) in [6.45, 7) is 3.51. The average molecular weight is 337 g/mol. The maximum absolute atomic E-state index is 11.0. The topological polar surface area (TPSA) is 119 Å². The SMILES string of the molecule is COC(=O)/C(C#N)=C/c1snnc1C.Cc1nnsc1C=O. The van der Waals surface area contributed by atoms with Gasteiger partial charge in [0, 0.05) is 0 Å². The second-order valence-electron chi connectivity index (χ2n) is 3.72. The van der Waals surface area contributed by atoms with Crippen LogP contribution in [0.15, 0.2) is 5.57 Å². The minimum atomic E-state index is -0.653. The van der Waals surface area contributed by atoms with Gasteiger partial charge in [0.1, 0.15) is 16.5 Å². The molecule has 2 aromatic rings. The quantitative estimate of drug-likeness (QED) is 0.358. The Kier molecular flexibility index (Phi) is 6.94. The van der Waals surface area contributed by atoms with E-state index in [4.69, 9.17) is 5.26 Å². The molecule has 0 radical (unpaired) electrons. The van der Waals surface area contributed by atoms with E-state index in [1.54, 1.807) is 19.9 Å². The van der Waals surface area contributed by atoms with Gasteiger partial charge in [0.2, 0.25) is 0 Å². The van der Waals surface area contributed by atoms with E-state index in [1.807, 2.05) is 0 Å². The zero-order chi connectivity index (χ0) is 16.5. The molecule has 0 aliphatic carbocycles. The third-order valence-electron chi connectivity index (χ3n) is 2.28. The van der Waals surface area contributed by atoms with Crippen LogP contribution in [0.2, 0.25) is 0 Å². The number of ether oxygens (including phenoxy) is 1. The van der Waals surface area contributed by atoms with Crippen LogP contribution in [0.25, 0.3) is 6.08 Å². The zero-order valence-corrected chi connectivity index (χ0v) is 13.6. The van der Waals surface area contributed by atoms with Crippen molar-refractivity contribution < 1.29 is 14.3 Å². The molecule has 0 atom stereocenters. The van der Waals surface area contributed by atoms with Crippen LogP contribution in [-0.4, -0.2) is 38.5 Å². The molecule has 0 spiro atoms. The highest BCUT2D eigenvalue weighted by Crippen LogP contribution is 2.14. The first-order chi connectivity index (χ1) is 10.5. The van der Waals surface area contributed by atoms with Crippen LogP contribution in [-0.2, 0) is 9.53 Å². The summed E-state index contributed by atoms with van der Waals surface area (Å²) in [4.78, 5) is 22.4. The van der Waals surface area contributed by atoms with Crippen LogP contribution >= 0.6 is 23.1 Å². The first kappa shape index (κ1) is 17.5. The van der Waals surface area contributed by atoms with Crippen LogP contribution in [0.5, 0.6) is 0 Å². The van der Waals surface area contributed by atoms with Gasteiger partial charge >= 0.3 is 5.97 Å². The van der Waals surface area contributed by atoms with Crippen molar-refractivity contribution in [2.24, 2.45) is 0 Å². The number of nitrogens with zero attached hydrogens (tertiary/aromatic N) is 5. The summed E-state index contributed by atoms with van der Waals surface area (Å²) in [6, 6.07) is 1.76. The third-order valence-corrected chi connectivity index (χ3v) is 3.81. The number of rotatable bonds is 3. The van der Waals surface area contributed by atoms with Gasteiger partial charge in [-0.25, -0.2) is 4.79 Å². The molecular weight excluding hydrogens is 326 g/mol. The van der Waals surface area contributed by atoms with Crippen LogP contribution in [0.4, 0.5) is 0 Å². The minimum Gasteiger partial charge on any atom is -0.465 e. The van der Waals surface area contributed by atoms with Crippen molar-refractivity contribution in [3.8, 4) is 6.07 Å². The molecule has 114 valence electrons. The molecule has 0 aliphatic rings. The van der Waals surface area contributed by atoms with E-state index in [-0.39, 0.29) is 5.57 Å². The lowest BCUT2D eigenvalue weighted by atomic mass is 10.2. The average Bonchev–Trinajstić information content (AvgIpc) is 3.12. The first-order valence-corrected chi connectivity index (χ1v) is 7.31. The third kappa shape index (κ3) is 4.80. The lowest BCUT2D eigenvalue weighted by molar-refractivity contribution is -0.135. The number of aromatic nitrogens is 4. The summed E-state index contributed by atoms with van der Waals surface area (Å²) in [7, 11) is 1.23. The lowest BCUT2D eigenvalue weighted by Gasteiger charge is -1.94. The Labute approximate surface area is 134 Å². The highest BCUT2D eigenvalue weighted by atomic mass is 32.1. The maximum Gasteiger partial charge on any atom is 0.348 e. The molecule has 22 heavy (non-hydrogen) atoms. The van der Waals surface area contributed by atoms with Crippen molar-refractivity contribution in [2.45, 2.75) is 13.8 Å². The number of hydrogen-bond acceptors (Lipinski definition) is 10. The number of aldehydes is 1. The Morgan fingerprint density at radius 3 is 2.05 bits per heavy atom. The first-order valence-electron chi connectivity index (χ1n) is 5.76. The van der Waals surface area contributed by atoms with Crippen molar-refractivity contribution in [1.29, 1.82) is 5.26 Å². The highest BCUT2D eigenvalue weighted by molar-refractivity contribution is 7.07. The number of carbonyl (C=O) groups is 2. The van der Waals surface area contributed by atoms with Gasteiger partial charge < -0.3 is 4.74 Å². The molecule has 0 amide bonds. The van der Waals surface area contributed by atoms with Crippen molar-refractivity contribution in [1.82, 2.24) is 19.2 Å². The van der Waals surface area contributed by atoms with Crippen LogP contribution in [0.1, 0.15) is 25.9 Å². The number of esters is 1. The summed E-state index contributed by atoms with van der Waals surface area (Å²) in [5.74, 6) is -0.653. The smallest absolute Gasteiger partial charge is 0.348 e. The van der Waals surface area contributed by atoms with Gasteiger partial charge in [0.15, 0.2) is 6.29 Å². The van der Waals surface area contributed by atoms with Gasteiger partial charge in [-0.15, -0.1) is 10.2 Å². The Balaban J connectivity index is 0.000000255.